The number of nitro groups is 1. The van der Waals surface area contributed by atoms with Gasteiger partial charge in [-0.1, -0.05) is 18.2 Å². The van der Waals surface area contributed by atoms with Crippen molar-refractivity contribution < 1.29 is 19.2 Å². The molecule has 4 rings (SSSR count). The number of anilines is 1. The van der Waals surface area contributed by atoms with Crippen LogP contribution in [0.3, 0.4) is 0 Å². The summed E-state index contributed by atoms with van der Waals surface area (Å²) in [4.78, 5) is 23.7. The molecule has 0 aliphatic rings. The molecule has 0 fully saturated rings. The fourth-order valence-corrected chi connectivity index (χ4v) is 3.24. The highest BCUT2D eigenvalue weighted by Gasteiger charge is 2.19. The lowest BCUT2D eigenvalue weighted by atomic mass is 10.1. The van der Waals surface area contributed by atoms with Gasteiger partial charge in [-0.15, -0.1) is 5.10 Å². The lowest BCUT2D eigenvalue weighted by Gasteiger charge is -2.09. The summed E-state index contributed by atoms with van der Waals surface area (Å²) in [5.41, 5.74) is 1.61. The summed E-state index contributed by atoms with van der Waals surface area (Å²) >= 11 is 0. The van der Waals surface area contributed by atoms with Crippen molar-refractivity contribution in [1.82, 2.24) is 9.78 Å². The van der Waals surface area contributed by atoms with Gasteiger partial charge in [0.15, 0.2) is 17.3 Å². The highest BCUT2D eigenvalue weighted by molar-refractivity contribution is 6.08. The Kier molecular flexibility index (Phi) is 5.23. The molecule has 156 valence electrons. The lowest BCUT2D eigenvalue weighted by molar-refractivity contribution is -0.384. The van der Waals surface area contributed by atoms with Gasteiger partial charge < -0.3 is 14.8 Å². The van der Waals surface area contributed by atoms with E-state index in [1.807, 2.05) is 30.3 Å². The normalized spacial score (nSPS) is 10.6. The number of non-ortho nitro benzene ring substituents is 1. The molecule has 0 saturated carbocycles. The van der Waals surface area contributed by atoms with E-state index in [0.29, 0.717) is 28.0 Å². The fourth-order valence-electron chi connectivity index (χ4n) is 3.24. The first kappa shape index (κ1) is 19.9. The van der Waals surface area contributed by atoms with Gasteiger partial charge in [0.1, 0.15) is 0 Å². The van der Waals surface area contributed by atoms with Crippen LogP contribution in [0.15, 0.2) is 66.7 Å². The molecule has 31 heavy (non-hydrogen) atoms. The van der Waals surface area contributed by atoms with Crippen LogP contribution in [-0.4, -0.2) is 34.8 Å². The first-order valence-electron chi connectivity index (χ1n) is 9.28. The number of ether oxygens (including phenoxy) is 2. The van der Waals surface area contributed by atoms with Crippen molar-refractivity contribution in [2.75, 3.05) is 19.5 Å². The third kappa shape index (κ3) is 3.76. The van der Waals surface area contributed by atoms with Gasteiger partial charge in [0.05, 0.1) is 35.7 Å². The third-order valence-electron chi connectivity index (χ3n) is 4.75. The molecule has 0 spiro atoms. The molecule has 1 heterocycles. The van der Waals surface area contributed by atoms with Crippen LogP contribution in [0.25, 0.3) is 16.6 Å². The summed E-state index contributed by atoms with van der Waals surface area (Å²) in [6, 6.07) is 18.5. The van der Waals surface area contributed by atoms with Crippen LogP contribution in [0.2, 0.25) is 0 Å². The first-order valence-corrected chi connectivity index (χ1v) is 9.28. The number of nitrogens with one attached hydrogen (secondary N) is 1. The summed E-state index contributed by atoms with van der Waals surface area (Å²) < 4.78 is 12.1. The summed E-state index contributed by atoms with van der Waals surface area (Å²) in [6.07, 6.45) is 0. The van der Waals surface area contributed by atoms with Crippen molar-refractivity contribution in [3.63, 3.8) is 0 Å². The summed E-state index contributed by atoms with van der Waals surface area (Å²) in [5.74, 6) is 0.674. The van der Waals surface area contributed by atoms with Crippen molar-refractivity contribution in [3.05, 3.63) is 82.4 Å². The zero-order chi connectivity index (χ0) is 22.0. The number of carbonyl (C=O) groups is 1. The van der Waals surface area contributed by atoms with E-state index in [2.05, 4.69) is 10.4 Å². The molecule has 0 aliphatic heterocycles. The van der Waals surface area contributed by atoms with Crippen LogP contribution in [0, 0.1) is 10.1 Å². The molecule has 0 atom stereocenters. The largest absolute Gasteiger partial charge is 0.493 e. The Morgan fingerprint density at radius 2 is 1.74 bits per heavy atom. The minimum Gasteiger partial charge on any atom is -0.493 e. The van der Waals surface area contributed by atoms with E-state index in [-0.39, 0.29) is 11.5 Å². The molecule has 0 radical (unpaired) electrons. The quantitative estimate of drug-likeness (QED) is 0.371. The molecule has 0 unspecified atom stereocenters. The molecule has 1 amide bonds. The van der Waals surface area contributed by atoms with Crippen LogP contribution < -0.4 is 14.8 Å². The van der Waals surface area contributed by atoms with Crippen LogP contribution in [0.5, 0.6) is 11.5 Å². The number of nitro benzene ring substituents is 1. The zero-order valence-electron chi connectivity index (χ0n) is 16.7. The van der Waals surface area contributed by atoms with E-state index < -0.39 is 10.8 Å². The Labute approximate surface area is 177 Å². The van der Waals surface area contributed by atoms with Gasteiger partial charge >= 0.3 is 0 Å². The molecule has 9 heteroatoms. The van der Waals surface area contributed by atoms with Gasteiger partial charge in [-0.05, 0) is 36.4 Å². The number of para-hydroxylation sites is 1. The number of hydrogen-bond donors (Lipinski definition) is 1. The van der Waals surface area contributed by atoms with Gasteiger partial charge in [0, 0.05) is 17.7 Å². The predicted octanol–water partition coefficient (Wildman–Crippen LogP) is 4.20. The zero-order valence-corrected chi connectivity index (χ0v) is 16.7. The number of amides is 1. The van der Waals surface area contributed by atoms with Crippen molar-refractivity contribution in [2.24, 2.45) is 0 Å². The van der Waals surface area contributed by atoms with Crippen LogP contribution in [0.1, 0.15) is 10.4 Å². The standard InChI is InChI=1S/C22H18N4O5/c1-30-19-11-8-14(12-20(19)31-2)22(27)23-21-17-13-16(26(28)29)9-10-18(17)25(24-21)15-6-4-3-5-7-15/h3-13H,1-2H3,(H,23,24,27). The molecule has 0 bridgehead atoms. The Hall–Kier alpha value is -4.40. The van der Waals surface area contributed by atoms with Crippen molar-refractivity contribution in [3.8, 4) is 17.2 Å². The van der Waals surface area contributed by atoms with Gasteiger partial charge in [0.2, 0.25) is 0 Å². The van der Waals surface area contributed by atoms with E-state index in [1.54, 1.807) is 28.9 Å². The number of fused-ring (bicyclic) bond motifs is 1. The number of hydrogen-bond acceptors (Lipinski definition) is 6. The van der Waals surface area contributed by atoms with Crippen molar-refractivity contribution in [1.29, 1.82) is 0 Å². The third-order valence-corrected chi connectivity index (χ3v) is 4.75. The number of benzene rings is 3. The molecule has 1 aromatic heterocycles. The highest BCUT2D eigenvalue weighted by Crippen LogP contribution is 2.31. The topological polar surface area (TPSA) is 109 Å². The average molecular weight is 418 g/mol. The lowest BCUT2D eigenvalue weighted by Crippen LogP contribution is -2.13. The van der Waals surface area contributed by atoms with Gasteiger partial charge in [-0.2, -0.15) is 0 Å². The van der Waals surface area contributed by atoms with Gasteiger partial charge in [0.25, 0.3) is 11.6 Å². The Balaban J connectivity index is 1.78. The maximum atomic E-state index is 12.9. The van der Waals surface area contributed by atoms with Gasteiger partial charge in [-0.3, -0.25) is 14.9 Å². The fraction of sp³-hybridized carbons (Fsp3) is 0.0909. The summed E-state index contributed by atoms with van der Waals surface area (Å²) in [5, 5.41) is 19.0. The molecule has 0 saturated heterocycles. The van der Waals surface area contributed by atoms with E-state index in [4.69, 9.17) is 9.47 Å². The van der Waals surface area contributed by atoms with Crippen LogP contribution >= 0.6 is 0 Å². The van der Waals surface area contributed by atoms with E-state index in [9.17, 15) is 14.9 Å². The number of carbonyl (C=O) groups excluding carboxylic acids is 1. The van der Waals surface area contributed by atoms with E-state index in [0.717, 1.165) is 5.69 Å². The summed E-state index contributed by atoms with van der Waals surface area (Å²) in [7, 11) is 2.99. The monoisotopic (exact) mass is 418 g/mol. The maximum absolute atomic E-state index is 12.9. The number of rotatable bonds is 6. The smallest absolute Gasteiger partial charge is 0.270 e. The molecular formula is C22H18N4O5. The minimum atomic E-state index is -0.487. The summed E-state index contributed by atoms with van der Waals surface area (Å²) in [6.45, 7) is 0. The van der Waals surface area contributed by atoms with Crippen molar-refractivity contribution in [2.45, 2.75) is 0 Å². The van der Waals surface area contributed by atoms with Crippen LogP contribution in [-0.2, 0) is 0 Å². The Morgan fingerprint density at radius 3 is 2.42 bits per heavy atom. The molecule has 4 aromatic rings. The molecule has 1 N–H and O–H groups in total. The highest BCUT2D eigenvalue weighted by atomic mass is 16.6. The van der Waals surface area contributed by atoms with Crippen LogP contribution in [0.4, 0.5) is 11.5 Å². The van der Waals surface area contributed by atoms with Crippen molar-refractivity contribution >= 4 is 28.3 Å². The maximum Gasteiger partial charge on any atom is 0.270 e. The Bertz CT molecular complexity index is 1280. The Morgan fingerprint density at radius 1 is 1.00 bits per heavy atom. The molecule has 9 nitrogen and oxygen atoms in total. The second-order valence-corrected chi connectivity index (χ2v) is 6.58. The number of methoxy groups -OCH3 is 2. The number of aromatic nitrogens is 2. The first-order chi connectivity index (χ1) is 15.0. The number of nitrogens with zero attached hydrogens (tertiary/aromatic N) is 3. The molecule has 3 aromatic carbocycles. The van der Waals surface area contributed by atoms with E-state index in [1.165, 1.54) is 26.4 Å². The second-order valence-electron chi connectivity index (χ2n) is 6.58. The second kappa shape index (κ2) is 8.15. The predicted molar refractivity (Wildman–Crippen MR) is 115 cm³/mol. The van der Waals surface area contributed by atoms with E-state index >= 15 is 0 Å². The molecular weight excluding hydrogens is 400 g/mol. The minimum absolute atomic E-state index is 0.0956. The SMILES string of the molecule is COc1ccc(C(=O)Nc2nn(-c3ccccc3)c3ccc([N+](=O)[O-])cc23)cc1OC. The average Bonchev–Trinajstić information content (AvgIpc) is 3.16. The van der Waals surface area contributed by atoms with Gasteiger partial charge in [-0.25, -0.2) is 4.68 Å². The molecule has 0 aliphatic carbocycles.